The Morgan fingerprint density at radius 2 is 1.72 bits per heavy atom. The van der Waals surface area contributed by atoms with Crippen molar-refractivity contribution in [1.29, 1.82) is 0 Å². The molecule has 1 amide bonds. The molecule has 1 aliphatic carbocycles. The Morgan fingerprint density at radius 3 is 2.52 bits per heavy atom. The van der Waals surface area contributed by atoms with Gasteiger partial charge in [-0.05, 0) is 47.9 Å². The maximum absolute atomic E-state index is 12.4. The predicted octanol–water partition coefficient (Wildman–Crippen LogP) is 4.06. The molecule has 0 aliphatic heterocycles. The highest BCUT2D eigenvalue weighted by atomic mass is 16.2. The molecule has 2 N–H and O–H groups in total. The molecule has 0 aromatic heterocycles. The van der Waals surface area contributed by atoms with Crippen molar-refractivity contribution in [3.63, 3.8) is 0 Å². The number of aryl methyl sites for hydroxylation is 2. The van der Waals surface area contributed by atoms with Gasteiger partial charge in [0.25, 0.3) is 0 Å². The number of rotatable bonds is 5. The highest BCUT2D eigenvalue weighted by molar-refractivity contribution is 6.00. The number of benzene rings is 3. The van der Waals surface area contributed by atoms with Gasteiger partial charge < -0.3 is 10.6 Å². The van der Waals surface area contributed by atoms with Gasteiger partial charge in [-0.15, -0.1) is 0 Å². The molecule has 4 rings (SSSR count). The smallest absolute Gasteiger partial charge is 0.242 e. The summed E-state index contributed by atoms with van der Waals surface area (Å²) in [5.74, 6) is 0.00658. The van der Waals surface area contributed by atoms with Gasteiger partial charge in [0.15, 0.2) is 0 Å². The summed E-state index contributed by atoms with van der Waals surface area (Å²) in [7, 11) is 0. The first-order valence-corrected chi connectivity index (χ1v) is 8.84. The van der Waals surface area contributed by atoms with E-state index in [1.807, 2.05) is 37.3 Å². The summed E-state index contributed by atoms with van der Waals surface area (Å²) >= 11 is 0. The Morgan fingerprint density at radius 1 is 0.960 bits per heavy atom. The Balaban J connectivity index is 1.49. The third kappa shape index (κ3) is 3.10. The second-order valence-electron chi connectivity index (χ2n) is 6.68. The Kier molecular flexibility index (Phi) is 4.14. The van der Waals surface area contributed by atoms with Crippen LogP contribution in [-0.2, 0) is 24.2 Å². The Labute approximate surface area is 148 Å². The van der Waals surface area contributed by atoms with E-state index in [-0.39, 0.29) is 11.9 Å². The third-order valence-electron chi connectivity index (χ3n) is 4.95. The van der Waals surface area contributed by atoms with Gasteiger partial charge in [-0.3, -0.25) is 4.79 Å². The van der Waals surface area contributed by atoms with Crippen LogP contribution in [-0.4, -0.2) is 11.9 Å². The molecule has 126 valence electrons. The number of carbonyl (C=O) groups is 1. The lowest BCUT2D eigenvalue weighted by atomic mass is 10.0. The van der Waals surface area contributed by atoms with E-state index >= 15 is 0 Å². The molecule has 0 radical (unpaired) electrons. The highest BCUT2D eigenvalue weighted by Crippen LogP contribution is 2.35. The first-order chi connectivity index (χ1) is 12.2. The van der Waals surface area contributed by atoms with Crippen LogP contribution in [0.25, 0.3) is 10.8 Å². The quantitative estimate of drug-likeness (QED) is 0.741. The molecule has 3 aromatic carbocycles. The number of hydrogen-bond acceptors (Lipinski definition) is 2. The van der Waals surface area contributed by atoms with E-state index in [0.717, 1.165) is 24.1 Å². The van der Waals surface area contributed by atoms with Crippen LogP contribution in [0.5, 0.6) is 0 Å². The van der Waals surface area contributed by atoms with Crippen molar-refractivity contribution in [3.8, 4) is 0 Å². The second-order valence-corrected chi connectivity index (χ2v) is 6.68. The zero-order chi connectivity index (χ0) is 17.2. The molecule has 25 heavy (non-hydrogen) atoms. The second kappa shape index (κ2) is 6.60. The number of anilines is 1. The van der Waals surface area contributed by atoms with E-state index < -0.39 is 0 Å². The van der Waals surface area contributed by atoms with Gasteiger partial charge in [0.2, 0.25) is 5.91 Å². The third-order valence-corrected chi connectivity index (χ3v) is 4.95. The molecule has 3 heteroatoms. The lowest BCUT2D eigenvalue weighted by molar-refractivity contribution is -0.121. The molecule has 0 saturated carbocycles. The fraction of sp³-hybridized carbons (Fsp3) is 0.227. The monoisotopic (exact) mass is 330 g/mol. The van der Waals surface area contributed by atoms with E-state index in [4.69, 9.17) is 0 Å². The molecule has 0 spiro atoms. The molecule has 0 saturated heterocycles. The van der Waals surface area contributed by atoms with Crippen molar-refractivity contribution in [2.75, 3.05) is 5.32 Å². The van der Waals surface area contributed by atoms with Crippen LogP contribution in [0.4, 0.5) is 5.69 Å². The molecule has 1 unspecified atom stereocenters. The molecule has 0 fully saturated rings. The van der Waals surface area contributed by atoms with Crippen molar-refractivity contribution in [1.82, 2.24) is 5.32 Å². The van der Waals surface area contributed by atoms with Gasteiger partial charge in [-0.2, -0.15) is 0 Å². The summed E-state index contributed by atoms with van der Waals surface area (Å²) in [5, 5.41) is 8.97. The minimum absolute atomic E-state index is 0.00658. The van der Waals surface area contributed by atoms with Crippen LogP contribution < -0.4 is 10.6 Å². The van der Waals surface area contributed by atoms with Crippen LogP contribution in [0.2, 0.25) is 0 Å². The molecule has 0 bridgehead atoms. The van der Waals surface area contributed by atoms with Gasteiger partial charge >= 0.3 is 0 Å². The van der Waals surface area contributed by atoms with Crippen molar-refractivity contribution in [3.05, 3.63) is 77.4 Å². The number of carbonyl (C=O) groups excluding carboxylic acids is 1. The van der Waals surface area contributed by atoms with E-state index in [0.29, 0.717) is 6.54 Å². The SMILES string of the molecule is CC(Nc1ccc2c3c(cccc13)CC2)C(=O)NCc1ccccc1. The summed E-state index contributed by atoms with van der Waals surface area (Å²) in [6.45, 7) is 2.46. The lowest BCUT2D eigenvalue weighted by Crippen LogP contribution is -2.37. The number of amides is 1. The molecular formula is C22H22N2O. The summed E-state index contributed by atoms with van der Waals surface area (Å²) in [6, 6.07) is 20.4. The van der Waals surface area contributed by atoms with E-state index in [1.54, 1.807) is 0 Å². The molecule has 1 aliphatic rings. The van der Waals surface area contributed by atoms with Crippen LogP contribution in [0.15, 0.2) is 60.7 Å². The first-order valence-electron chi connectivity index (χ1n) is 8.84. The molecule has 0 heterocycles. The van der Waals surface area contributed by atoms with Gasteiger partial charge in [-0.1, -0.05) is 54.6 Å². The number of nitrogens with one attached hydrogen (secondary N) is 2. The maximum Gasteiger partial charge on any atom is 0.242 e. The van der Waals surface area contributed by atoms with E-state index in [9.17, 15) is 4.79 Å². The largest absolute Gasteiger partial charge is 0.373 e. The van der Waals surface area contributed by atoms with Crippen LogP contribution >= 0.6 is 0 Å². The summed E-state index contributed by atoms with van der Waals surface area (Å²) in [5.41, 5.74) is 4.97. The van der Waals surface area contributed by atoms with Gasteiger partial charge in [0, 0.05) is 17.6 Å². The van der Waals surface area contributed by atoms with Gasteiger partial charge in [-0.25, -0.2) is 0 Å². The zero-order valence-electron chi connectivity index (χ0n) is 14.4. The standard InChI is InChI=1S/C22H22N2O/c1-15(22(25)23-14-16-6-3-2-4-7-16)24-20-13-12-18-11-10-17-8-5-9-19(20)21(17)18/h2-9,12-13,15,24H,10-11,14H2,1H3,(H,23,25). The Hall–Kier alpha value is -2.81. The summed E-state index contributed by atoms with van der Waals surface area (Å²) in [4.78, 5) is 12.4. The van der Waals surface area contributed by atoms with E-state index in [2.05, 4.69) is 41.0 Å². The minimum Gasteiger partial charge on any atom is -0.373 e. The van der Waals surface area contributed by atoms with Crippen molar-refractivity contribution in [2.24, 2.45) is 0 Å². The average Bonchev–Trinajstić information content (AvgIpc) is 3.07. The fourth-order valence-corrected chi connectivity index (χ4v) is 3.61. The predicted molar refractivity (Wildman–Crippen MR) is 103 cm³/mol. The van der Waals surface area contributed by atoms with Gasteiger partial charge in [0.1, 0.15) is 6.04 Å². The van der Waals surface area contributed by atoms with Crippen LogP contribution in [0.1, 0.15) is 23.6 Å². The van der Waals surface area contributed by atoms with Crippen molar-refractivity contribution >= 4 is 22.4 Å². The first kappa shape index (κ1) is 15.7. The minimum atomic E-state index is -0.290. The topological polar surface area (TPSA) is 41.1 Å². The normalized spacial score (nSPS) is 13.6. The summed E-state index contributed by atoms with van der Waals surface area (Å²) < 4.78 is 0. The summed E-state index contributed by atoms with van der Waals surface area (Å²) in [6.07, 6.45) is 2.23. The van der Waals surface area contributed by atoms with E-state index in [1.165, 1.54) is 21.9 Å². The molecule has 3 nitrogen and oxygen atoms in total. The molecule has 3 aromatic rings. The maximum atomic E-state index is 12.4. The average molecular weight is 330 g/mol. The lowest BCUT2D eigenvalue weighted by Gasteiger charge is -2.17. The van der Waals surface area contributed by atoms with Crippen LogP contribution in [0, 0.1) is 0 Å². The van der Waals surface area contributed by atoms with Crippen molar-refractivity contribution < 1.29 is 4.79 Å². The van der Waals surface area contributed by atoms with Crippen LogP contribution in [0.3, 0.4) is 0 Å². The zero-order valence-corrected chi connectivity index (χ0v) is 14.4. The number of hydrogen-bond donors (Lipinski definition) is 2. The Bertz CT molecular complexity index is 908. The molecule has 1 atom stereocenters. The van der Waals surface area contributed by atoms with Gasteiger partial charge in [0.05, 0.1) is 0 Å². The fourth-order valence-electron chi connectivity index (χ4n) is 3.61. The highest BCUT2D eigenvalue weighted by Gasteiger charge is 2.18. The van der Waals surface area contributed by atoms with Crippen molar-refractivity contribution in [2.45, 2.75) is 32.4 Å². The molecular weight excluding hydrogens is 308 g/mol.